The first kappa shape index (κ1) is 9.58. The van der Waals surface area contributed by atoms with E-state index in [1.807, 2.05) is 24.3 Å². The van der Waals surface area contributed by atoms with Crippen molar-refractivity contribution in [2.45, 2.75) is 6.42 Å². The highest BCUT2D eigenvalue weighted by molar-refractivity contribution is 5.28. The lowest BCUT2D eigenvalue weighted by atomic mass is 10.1. The summed E-state index contributed by atoms with van der Waals surface area (Å²) in [6.07, 6.45) is 3.90. The second-order valence-corrected chi connectivity index (χ2v) is 3.08. The van der Waals surface area contributed by atoms with Crippen molar-refractivity contribution in [3.8, 4) is 5.75 Å². The van der Waals surface area contributed by atoms with Crippen molar-refractivity contribution in [1.29, 1.82) is 0 Å². The summed E-state index contributed by atoms with van der Waals surface area (Å²) in [5, 5.41) is 7.70. The monoisotopic (exact) mass is 201 g/mol. The highest BCUT2D eigenvalue weighted by Gasteiger charge is 1.99. The molecule has 4 heteroatoms. The molecule has 0 amide bonds. The number of ether oxygens (including phenoxy) is 1. The highest BCUT2D eigenvalue weighted by Crippen LogP contribution is 2.12. The first-order valence-electron chi connectivity index (χ1n) is 4.64. The Kier molecular flexibility index (Phi) is 2.88. The minimum absolute atomic E-state index is 0.692. The molecule has 0 radical (unpaired) electrons. The average molecular weight is 201 g/mol. The van der Waals surface area contributed by atoms with Gasteiger partial charge >= 0.3 is 0 Å². The van der Waals surface area contributed by atoms with Gasteiger partial charge in [0.15, 0.2) is 5.82 Å². The standard InChI is InChI=1S/C11H11N3O/c1-15-10-4-2-9(3-5-10)8-11-12-6-7-13-14-11/h2-7H,8H2,1H3. The first-order valence-corrected chi connectivity index (χ1v) is 4.64. The molecule has 0 atom stereocenters. The predicted molar refractivity (Wildman–Crippen MR) is 55.6 cm³/mol. The topological polar surface area (TPSA) is 47.9 Å². The van der Waals surface area contributed by atoms with Gasteiger partial charge in [0.05, 0.1) is 13.3 Å². The minimum atomic E-state index is 0.692. The number of nitrogens with zero attached hydrogens (tertiary/aromatic N) is 3. The molecule has 15 heavy (non-hydrogen) atoms. The van der Waals surface area contributed by atoms with Crippen LogP contribution in [-0.2, 0) is 6.42 Å². The lowest BCUT2D eigenvalue weighted by molar-refractivity contribution is 0.414. The van der Waals surface area contributed by atoms with Crippen LogP contribution in [0.4, 0.5) is 0 Å². The second-order valence-electron chi connectivity index (χ2n) is 3.08. The largest absolute Gasteiger partial charge is 0.497 e. The van der Waals surface area contributed by atoms with Crippen LogP contribution in [0.25, 0.3) is 0 Å². The maximum absolute atomic E-state index is 5.08. The Labute approximate surface area is 88.0 Å². The lowest BCUT2D eigenvalue weighted by Gasteiger charge is -2.01. The molecule has 76 valence electrons. The fourth-order valence-electron chi connectivity index (χ4n) is 1.28. The number of hydrogen-bond donors (Lipinski definition) is 0. The third kappa shape index (κ3) is 2.49. The molecule has 2 aromatic rings. The number of hydrogen-bond acceptors (Lipinski definition) is 4. The second kappa shape index (κ2) is 4.50. The van der Waals surface area contributed by atoms with Crippen molar-refractivity contribution >= 4 is 0 Å². The summed E-state index contributed by atoms with van der Waals surface area (Å²) in [7, 11) is 1.65. The summed E-state index contributed by atoms with van der Waals surface area (Å²) in [6, 6.07) is 7.84. The van der Waals surface area contributed by atoms with Gasteiger partial charge in [-0.05, 0) is 17.7 Å². The van der Waals surface area contributed by atoms with Crippen LogP contribution >= 0.6 is 0 Å². The SMILES string of the molecule is COc1ccc(Cc2nccnn2)cc1. The Morgan fingerprint density at radius 1 is 1.13 bits per heavy atom. The third-order valence-corrected chi connectivity index (χ3v) is 2.05. The highest BCUT2D eigenvalue weighted by atomic mass is 16.5. The Bertz CT molecular complexity index is 414. The molecule has 0 fully saturated rings. The van der Waals surface area contributed by atoms with E-state index >= 15 is 0 Å². The summed E-state index contributed by atoms with van der Waals surface area (Å²) in [5.41, 5.74) is 1.14. The molecular formula is C11H11N3O. The summed E-state index contributed by atoms with van der Waals surface area (Å²) in [6.45, 7) is 0. The smallest absolute Gasteiger partial charge is 0.155 e. The van der Waals surface area contributed by atoms with Crippen molar-refractivity contribution in [2.75, 3.05) is 7.11 Å². The van der Waals surface area contributed by atoms with E-state index in [0.29, 0.717) is 6.42 Å². The van der Waals surface area contributed by atoms with Crippen molar-refractivity contribution in [1.82, 2.24) is 15.2 Å². The Morgan fingerprint density at radius 3 is 2.53 bits per heavy atom. The number of aromatic nitrogens is 3. The van der Waals surface area contributed by atoms with Crippen molar-refractivity contribution in [3.05, 3.63) is 48.0 Å². The molecule has 0 aliphatic heterocycles. The van der Waals surface area contributed by atoms with E-state index in [0.717, 1.165) is 17.1 Å². The zero-order valence-corrected chi connectivity index (χ0v) is 8.42. The van der Waals surface area contributed by atoms with Crippen LogP contribution < -0.4 is 4.74 Å². The van der Waals surface area contributed by atoms with Crippen molar-refractivity contribution < 1.29 is 4.74 Å². The minimum Gasteiger partial charge on any atom is -0.497 e. The van der Waals surface area contributed by atoms with Gasteiger partial charge in [-0.15, -0.1) is 5.10 Å². The normalized spacial score (nSPS) is 9.93. The van der Waals surface area contributed by atoms with E-state index in [1.54, 1.807) is 19.5 Å². The summed E-state index contributed by atoms with van der Waals surface area (Å²) < 4.78 is 5.08. The predicted octanol–water partition coefficient (Wildman–Crippen LogP) is 1.47. The van der Waals surface area contributed by atoms with E-state index < -0.39 is 0 Å². The molecule has 0 saturated carbocycles. The maximum atomic E-state index is 5.08. The van der Waals surface area contributed by atoms with Gasteiger partial charge < -0.3 is 4.74 Å². The van der Waals surface area contributed by atoms with E-state index in [-0.39, 0.29) is 0 Å². The molecule has 0 aliphatic carbocycles. The van der Waals surface area contributed by atoms with Gasteiger partial charge in [-0.3, -0.25) is 0 Å². The molecule has 4 nitrogen and oxygen atoms in total. The molecule has 0 aliphatic rings. The maximum Gasteiger partial charge on any atom is 0.155 e. The first-order chi connectivity index (χ1) is 7.38. The van der Waals surface area contributed by atoms with Crippen LogP contribution in [0.5, 0.6) is 5.75 Å². The average Bonchev–Trinajstić information content (AvgIpc) is 2.31. The van der Waals surface area contributed by atoms with Crippen LogP contribution in [0.2, 0.25) is 0 Å². The Balaban J connectivity index is 2.11. The summed E-state index contributed by atoms with van der Waals surface area (Å²) >= 11 is 0. The summed E-state index contributed by atoms with van der Waals surface area (Å²) in [4.78, 5) is 4.11. The van der Waals surface area contributed by atoms with Gasteiger partial charge in [0.25, 0.3) is 0 Å². The molecule has 0 N–H and O–H groups in total. The molecule has 1 aromatic carbocycles. The zero-order valence-electron chi connectivity index (χ0n) is 8.42. The fraction of sp³-hybridized carbons (Fsp3) is 0.182. The fourth-order valence-corrected chi connectivity index (χ4v) is 1.28. The van der Waals surface area contributed by atoms with Gasteiger partial charge in [0.1, 0.15) is 5.75 Å². The molecule has 1 heterocycles. The van der Waals surface area contributed by atoms with Gasteiger partial charge in [-0.1, -0.05) is 12.1 Å². The van der Waals surface area contributed by atoms with Crippen LogP contribution in [-0.4, -0.2) is 22.3 Å². The van der Waals surface area contributed by atoms with E-state index in [4.69, 9.17) is 4.74 Å². The van der Waals surface area contributed by atoms with E-state index in [2.05, 4.69) is 15.2 Å². The quantitative estimate of drug-likeness (QED) is 0.754. The van der Waals surface area contributed by atoms with Crippen LogP contribution in [0.3, 0.4) is 0 Å². The molecule has 0 unspecified atom stereocenters. The molecular weight excluding hydrogens is 190 g/mol. The lowest BCUT2D eigenvalue weighted by Crippen LogP contribution is -1.97. The van der Waals surface area contributed by atoms with Gasteiger partial charge in [0, 0.05) is 12.6 Å². The van der Waals surface area contributed by atoms with Crippen LogP contribution in [0.1, 0.15) is 11.4 Å². The van der Waals surface area contributed by atoms with Gasteiger partial charge in [0.2, 0.25) is 0 Å². The number of rotatable bonds is 3. The molecule has 0 bridgehead atoms. The summed E-state index contributed by atoms with van der Waals surface area (Å²) in [5.74, 6) is 1.58. The van der Waals surface area contributed by atoms with Gasteiger partial charge in [-0.2, -0.15) is 5.10 Å². The Morgan fingerprint density at radius 2 is 1.93 bits per heavy atom. The van der Waals surface area contributed by atoms with Crippen LogP contribution in [0, 0.1) is 0 Å². The molecule has 1 aromatic heterocycles. The molecule has 0 saturated heterocycles. The van der Waals surface area contributed by atoms with E-state index in [1.165, 1.54) is 0 Å². The van der Waals surface area contributed by atoms with E-state index in [9.17, 15) is 0 Å². The zero-order chi connectivity index (χ0) is 10.5. The third-order valence-electron chi connectivity index (χ3n) is 2.05. The van der Waals surface area contributed by atoms with Crippen molar-refractivity contribution in [3.63, 3.8) is 0 Å². The van der Waals surface area contributed by atoms with Gasteiger partial charge in [-0.25, -0.2) is 4.98 Å². The Hall–Kier alpha value is -1.97. The van der Waals surface area contributed by atoms with Crippen molar-refractivity contribution in [2.24, 2.45) is 0 Å². The van der Waals surface area contributed by atoms with Crippen LogP contribution in [0.15, 0.2) is 36.7 Å². The molecule has 0 spiro atoms. The number of methoxy groups -OCH3 is 1. The molecule has 2 rings (SSSR count). The number of benzene rings is 1.